The molecule has 0 radical (unpaired) electrons. The van der Waals surface area contributed by atoms with Crippen molar-refractivity contribution in [3.05, 3.63) is 78.1 Å². The van der Waals surface area contributed by atoms with E-state index >= 15 is 0 Å². The molecule has 0 saturated carbocycles. The van der Waals surface area contributed by atoms with Crippen molar-refractivity contribution < 1.29 is 17.2 Å². The minimum absolute atomic E-state index is 0.00451. The second-order valence-electron chi connectivity index (χ2n) is 6.67. The summed E-state index contributed by atoms with van der Waals surface area (Å²) >= 11 is 6.23. The van der Waals surface area contributed by atoms with E-state index < -0.39 is 15.7 Å². The second-order valence-corrected chi connectivity index (χ2v) is 8.94. The van der Waals surface area contributed by atoms with Gasteiger partial charge in [-0.2, -0.15) is 4.98 Å². The van der Waals surface area contributed by atoms with Crippen LogP contribution in [-0.2, 0) is 16.4 Å². The van der Waals surface area contributed by atoms with Gasteiger partial charge in [-0.1, -0.05) is 23.7 Å². The van der Waals surface area contributed by atoms with Crippen LogP contribution in [0.15, 0.2) is 81.6 Å². The van der Waals surface area contributed by atoms with Crippen molar-refractivity contribution in [1.82, 2.24) is 14.5 Å². The SMILES string of the molecule is O=S(=O)(c1ccc(F)cc1)c1nc(-c2ccccc2Cl)oc1NCCCn1ccnc1. The lowest BCUT2D eigenvalue weighted by atomic mass is 10.2. The lowest BCUT2D eigenvalue weighted by molar-refractivity contribution is 0.571. The Bertz CT molecular complexity index is 1270. The van der Waals surface area contributed by atoms with Crippen LogP contribution in [-0.4, -0.2) is 29.5 Å². The molecular weight excluding hydrogens is 443 g/mol. The number of halogens is 2. The largest absolute Gasteiger partial charge is 0.419 e. The fraction of sp³-hybridized carbons (Fsp3) is 0.143. The van der Waals surface area contributed by atoms with Crippen LogP contribution in [0.1, 0.15) is 6.42 Å². The zero-order valence-corrected chi connectivity index (χ0v) is 17.8. The van der Waals surface area contributed by atoms with Gasteiger partial charge in [0.05, 0.1) is 21.8 Å². The Morgan fingerprint density at radius 3 is 2.61 bits per heavy atom. The molecule has 0 fully saturated rings. The normalized spacial score (nSPS) is 11.5. The van der Waals surface area contributed by atoms with Crippen molar-refractivity contribution in [2.75, 3.05) is 11.9 Å². The molecule has 31 heavy (non-hydrogen) atoms. The predicted octanol–water partition coefficient (Wildman–Crippen LogP) is 4.67. The van der Waals surface area contributed by atoms with Gasteiger partial charge in [0.1, 0.15) is 5.82 Å². The summed E-state index contributed by atoms with van der Waals surface area (Å²) in [7, 11) is -4.06. The van der Waals surface area contributed by atoms with Crippen molar-refractivity contribution in [1.29, 1.82) is 0 Å². The topological polar surface area (TPSA) is 90.0 Å². The van der Waals surface area contributed by atoms with Crippen molar-refractivity contribution in [3.8, 4) is 11.5 Å². The van der Waals surface area contributed by atoms with E-state index in [0.29, 0.717) is 30.1 Å². The number of nitrogens with zero attached hydrogens (tertiary/aromatic N) is 3. The number of aryl methyl sites for hydroxylation is 1. The van der Waals surface area contributed by atoms with Crippen molar-refractivity contribution >= 4 is 27.3 Å². The molecule has 2 heterocycles. The van der Waals surface area contributed by atoms with E-state index in [1.54, 1.807) is 36.8 Å². The molecule has 0 spiro atoms. The lowest BCUT2D eigenvalue weighted by Crippen LogP contribution is -2.10. The Kier molecular flexibility index (Phi) is 6.06. The first-order chi connectivity index (χ1) is 14.9. The van der Waals surface area contributed by atoms with Crippen molar-refractivity contribution in [3.63, 3.8) is 0 Å². The first-order valence-corrected chi connectivity index (χ1v) is 11.3. The highest BCUT2D eigenvalue weighted by molar-refractivity contribution is 7.91. The standard InChI is InChI=1S/C21H18ClFN4O3S/c22-18-5-2-1-4-17(18)19-26-21(31(28,29)16-8-6-15(23)7-9-16)20(30-19)25-10-3-12-27-13-11-24-14-27/h1-2,4-9,11,13-14,25H,3,10,12H2. The number of imidazole rings is 1. The Labute approximate surface area is 183 Å². The van der Waals surface area contributed by atoms with Gasteiger partial charge >= 0.3 is 0 Å². The van der Waals surface area contributed by atoms with Crippen LogP contribution in [0.3, 0.4) is 0 Å². The fourth-order valence-electron chi connectivity index (χ4n) is 2.96. The van der Waals surface area contributed by atoms with Crippen LogP contribution in [0.25, 0.3) is 11.5 Å². The molecule has 0 aliphatic carbocycles. The Balaban J connectivity index is 1.66. The summed E-state index contributed by atoms with van der Waals surface area (Å²) in [5, 5.41) is 3.11. The fourth-order valence-corrected chi connectivity index (χ4v) is 4.45. The number of rotatable bonds is 8. The summed E-state index contributed by atoms with van der Waals surface area (Å²) in [5.41, 5.74) is 0.464. The Morgan fingerprint density at radius 2 is 1.90 bits per heavy atom. The third kappa shape index (κ3) is 4.62. The van der Waals surface area contributed by atoms with Gasteiger partial charge in [-0.15, -0.1) is 0 Å². The molecule has 1 N–H and O–H groups in total. The molecular formula is C21H18ClFN4O3S. The lowest BCUT2D eigenvalue weighted by Gasteiger charge is -2.06. The average Bonchev–Trinajstić information content (AvgIpc) is 3.42. The van der Waals surface area contributed by atoms with Crippen molar-refractivity contribution in [2.24, 2.45) is 0 Å². The summed E-state index contributed by atoms with van der Waals surface area (Å²) in [5.74, 6) is -0.456. The molecule has 2 aromatic carbocycles. The molecule has 2 aromatic heterocycles. The molecule has 0 unspecified atom stereocenters. The number of oxazole rings is 1. The number of benzene rings is 2. The van der Waals surface area contributed by atoms with Gasteiger partial charge in [0, 0.05) is 25.5 Å². The maximum atomic E-state index is 13.3. The summed E-state index contributed by atoms with van der Waals surface area (Å²) < 4.78 is 47.3. The summed E-state index contributed by atoms with van der Waals surface area (Å²) in [6, 6.07) is 11.4. The summed E-state index contributed by atoms with van der Waals surface area (Å²) in [4.78, 5) is 8.13. The molecule has 0 aliphatic heterocycles. The zero-order valence-electron chi connectivity index (χ0n) is 16.2. The summed E-state index contributed by atoms with van der Waals surface area (Å²) in [6.45, 7) is 1.12. The highest BCUT2D eigenvalue weighted by Crippen LogP contribution is 2.35. The first-order valence-electron chi connectivity index (χ1n) is 9.41. The Hall–Kier alpha value is -3.17. The molecule has 0 amide bonds. The Morgan fingerprint density at radius 1 is 1.13 bits per heavy atom. The van der Waals surface area contributed by atoms with Crippen LogP contribution < -0.4 is 5.32 Å². The van der Waals surface area contributed by atoms with Gasteiger partial charge in [-0.05, 0) is 42.8 Å². The van der Waals surface area contributed by atoms with E-state index in [0.717, 1.165) is 12.1 Å². The van der Waals surface area contributed by atoms with Gasteiger partial charge in [0.25, 0.3) is 0 Å². The van der Waals surface area contributed by atoms with E-state index in [-0.39, 0.29) is 21.7 Å². The molecule has 7 nitrogen and oxygen atoms in total. The molecule has 0 bridgehead atoms. The van der Waals surface area contributed by atoms with Crippen LogP contribution in [0.2, 0.25) is 5.02 Å². The highest BCUT2D eigenvalue weighted by atomic mass is 35.5. The van der Waals surface area contributed by atoms with Crippen LogP contribution in [0.4, 0.5) is 10.3 Å². The maximum absolute atomic E-state index is 13.3. The molecule has 4 aromatic rings. The molecule has 10 heteroatoms. The number of aromatic nitrogens is 3. The molecule has 0 atom stereocenters. The number of hydrogen-bond donors (Lipinski definition) is 1. The van der Waals surface area contributed by atoms with Gasteiger partial charge < -0.3 is 14.3 Å². The predicted molar refractivity (Wildman–Crippen MR) is 114 cm³/mol. The van der Waals surface area contributed by atoms with E-state index in [1.165, 1.54) is 12.1 Å². The zero-order chi connectivity index (χ0) is 21.8. The van der Waals surface area contributed by atoms with Crippen LogP contribution >= 0.6 is 11.6 Å². The quantitative estimate of drug-likeness (QED) is 0.303. The highest BCUT2D eigenvalue weighted by Gasteiger charge is 2.29. The van der Waals surface area contributed by atoms with Gasteiger partial charge in [-0.3, -0.25) is 0 Å². The molecule has 160 valence electrons. The van der Waals surface area contributed by atoms with E-state index in [4.69, 9.17) is 16.0 Å². The average molecular weight is 461 g/mol. The number of hydrogen-bond acceptors (Lipinski definition) is 6. The van der Waals surface area contributed by atoms with Crippen molar-refractivity contribution in [2.45, 2.75) is 22.9 Å². The monoisotopic (exact) mass is 460 g/mol. The number of anilines is 1. The third-order valence-electron chi connectivity index (χ3n) is 4.52. The minimum Gasteiger partial charge on any atom is -0.419 e. The van der Waals surface area contributed by atoms with E-state index in [2.05, 4.69) is 15.3 Å². The van der Waals surface area contributed by atoms with Crippen LogP contribution in [0, 0.1) is 5.82 Å². The third-order valence-corrected chi connectivity index (χ3v) is 6.52. The number of nitrogens with one attached hydrogen (secondary N) is 1. The maximum Gasteiger partial charge on any atom is 0.233 e. The molecule has 0 saturated heterocycles. The number of sulfone groups is 1. The second kappa shape index (κ2) is 8.91. The molecule has 4 rings (SSSR count). The minimum atomic E-state index is -4.06. The summed E-state index contributed by atoms with van der Waals surface area (Å²) in [6.07, 6.45) is 5.92. The smallest absolute Gasteiger partial charge is 0.233 e. The van der Waals surface area contributed by atoms with Crippen LogP contribution in [0.5, 0.6) is 0 Å². The first kappa shape index (κ1) is 21.1. The van der Waals surface area contributed by atoms with Gasteiger partial charge in [0.2, 0.25) is 26.6 Å². The van der Waals surface area contributed by atoms with Gasteiger partial charge in [0.15, 0.2) is 0 Å². The van der Waals surface area contributed by atoms with Gasteiger partial charge in [-0.25, -0.2) is 17.8 Å². The van der Waals surface area contributed by atoms with E-state index in [9.17, 15) is 12.8 Å². The van der Waals surface area contributed by atoms with E-state index in [1.807, 2.05) is 10.8 Å². The molecule has 0 aliphatic rings.